The monoisotopic (exact) mass is 236 g/mol. The van der Waals surface area contributed by atoms with Crippen LogP contribution in [0, 0.1) is 0 Å². The number of hydrogen-bond acceptors (Lipinski definition) is 1. The lowest BCUT2D eigenvalue weighted by Gasteiger charge is -2.22. The Morgan fingerprint density at radius 2 is 1.94 bits per heavy atom. The molecule has 0 saturated carbocycles. The minimum Gasteiger partial charge on any atom is -0.126 e. The van der Waals surface area contributed by atoms with Crippen LogP contribution in [0.2, 0.25) is 0 Å². The molecule has 90 valence electrons. The van der Waals surface area contributed by atoms with E-state index < -0.39 is 0 Å². The van der Waals surface area contributed by atoms with Gasteiger partial charge < -0.3 is 0 Å². The lowest BCUT2D eigenvalue weighted by Crippen LogP contribution is -2.04. The summed E-state index contributed by atoms with van der Waals surface area (Å²) in [7, 11) is 0. The molecule has 0 nitrogen and oxygen atoms in total. The molecule has 0 spiro atoms. The maximum atomic E-state index is 2.39. The van der Waals surface area contributed by atoms with Gasteiger partial charge in [0.2, 0.25) is 0 Å². The molecule has 0 aromatic heterocycles. The number of thioether (sulfide) groups is 1. The maximum absolute atomic E-state index is 2.39. The van der Waals surface area contributed by atoms with E-state index in [0.717, 1.165) is 5.92 Å². The van der Waals surface area contributed by atoms with Crippen molar-refractivity contribution in [2.45, 2.75) is 57.8 Å². The van der Waals surface area contributed by atoms with E-state index in [9.17, 15) is 0 Å². The molecular weight excluding hydrogens is 212 g/mol. The summed E-state index contributed by atoms with van der Waals surface area (Å²) >= 11 is 2.02. The summed E-state index contributed by atoms with van der Waals surface area (Å²) in [5, 5.41) is 0. The molecule has 0 N–H and O–H groups in total. The normalized spacial score (nSPS) is 18.8. The Morgan fingerprint density at radius 1 is 1.25 bits per heavy atom. The molecular formula is C15H24S. The van der Waals surface area contributed by atoms with Gasteiger partial charge in [0.05, 0.1) is 0 Å². The van der Waals surface area contributed by atoms with Gasteiger partial charge in [0.25, 0.3) is 0 Å². The van der Waals surface area contributed by atoms with Crippen LogP contribution in [0.1, 0.15) is 64.0 Å². The highest BCUT2D eigenvalue weighted by Gasteiger charge is 2.17. The van der Waals surface area contributed by atoms with Crippen molar-refractivity contribution < 1.29 is 0 Å². The third-order valence-electron chi connectivity index (χ3n) is 3.04. The third-order valence-corrected chi connectivity index (χ3v) is 4.15. The molecule has 1 aromatic rings. The topological polar surface area (TPSA) is 0 Å². The molecule has 0 aliphatic carbocycles. The fraction of sp³-hybridized carbons (Fsp3) is 0.600. The first-order chi connectivity index (χ1) is 7.68. The molecule has 1 heterocycles. The second kappa shape index (κ2) is 6.34. The first-order valence-electron chi connectivity index (χ1n) is 6.45. The van der Waals surface area contributed by atoms with Crippen LogP contribution in [-0.2, 0) is 0 Å². The van der Waals surface area contributed by atoms with Gasteiger partial charge in [0.15, 0.2) is 0 Å². The summed E-state index contributed by atoms with van der Waals surface area (Å²) < 4.78 is 0. The van der Waals surface area contributed by atoms with E-state index in [-0.39, 0.29) is 0 Å². The van der Waals surface area contributed by atoms with Crippen LogP contribution < -0.4 is 0 Å². The van der Waals surface area contributed by atoms with Crippen LogP contribution in [0.5, 0.6) is 0 Å². The molecule has 0 amide bonds. The van der Waals surface area contributed by atoms with E-state index in [4.69, 9.17) is 0 Å². The first-order valence-corrected chi connectivity index (χ1v) is 7.43. The highest BCUT2D eigenvalue weighted by atomic mass is 32.2. The molecule has 0 bridgehead atoms. The molecule has 16 heavy (non-hydrogen) atoms. The van der Waals surface area contributed by atoms with Gasteiger partial charge in [-0.25, -0.2) is 0 Å². The van der Waals surface area contributed by atoms with Gasteiger partial charge in [-0.05, 0) is 41.2 Å². The molecule has 1 heteroatoms. The molecule has 0 radical (unpaired) electrons. The maximum Gasteiger partial charge on any atom is 0.0110 e. The molecule has 2 rings (SSSR count). The molecule has 0 saturated heterocycles. The molecule has 1 unspecified atom stereocenters. The van der Waals surface area contributed by atoms with E-state index in [0.29, 0.717) is 5.92 Å². The van der Waals surface area contributed by atoms with Gasteiger partial charge >= 0.3 is 0 Å². The summed E-state index contributed by atoms with van der Waals surface area (Å²) in [6, 6.07) is 7.02. The summed E-state index contributed by atoms with van der Waals surface area (Å²) in [6.07, 6.45) is 1.33. The zero-order chi connectivity index (χ0) is 12.1. The van der Waals surface area contributed by atoms with Gasteiger partial charge in [-0.1, -0.05) is 46.8 Å². The van der Waals surface area contributed by atoms with Crippen molar-refractivity contribution in [3.63, 3.8) is 0 Å². The average molecular weight is 236 g/mol. The Hall–Kier alpha value is -0.430. The lowest BCUT2D eigenvalue weighted by molar-refractivity contribution is 0.710. The quantitative estimate of drug-likeness (QED) is 0.626. The molecule has 1 aliphatic heterocycles. The summed E-state index contributed by atoms with van der Waals surface area (Å²) in [6.45, 7) is 10.9. The summed E-state index contributed by atoms with van der Waals surface area (Å²) in [5.41, 5.74) is 3.04. The van der Waals surface area contributed by atoms with Gasteiger partial charge in [0, 0.05) is 4.90 Å². The van der Waals surface area contributed by atoms with Crippen molar-refractivity contribution >= 4 is 11.8 Å². The van der Waals surface area contributed by atoms with Crippen LogP contribution in [0.15, 0.2) is 23.1 Å². The molecule has 1 atom stereocenters. The molecule has 0 fully saturated rings. The Labute approximate surface area is 105 Å². The Balaban J connectivity index is 0.000000606. The average Bonchev–Trinajstić information content (AvgIpc) is 2.31. The fourth-order valence-corrected chi connectivity index (χ4v) is 3.29. The minimum absolute atomic E-state index is 0.651. The van der Waals surface area contributed by atoms with E-state index in [2.05, 4.69) is 39.0 Å². The van der Waals surface area contributed by atoms with E-state index >= 15 is 0 Å². The second-order valence-corrected chi connectivity index (χ2v) is 5.63. The predicted molar refractivity (Wildman–Crippen MR) is 75.6 cm³/mol. The van der Waals surface area contributed by atoms with Crippen molar-refractivity contribution in [2.24, 2.45) is 0 Å². The van der Waals surface area contributed by atoms with E-state index in [1.54, 1.807) is 5.56 Å². The van der Waals surface area contributed by atoms with Crippen LogP contribution in [0.25, 0.3) is 0 Å². The lowest BCUT2D eigenvalue weighted by atomic mass is 9.94. The van der Waals surface area contributed by atoms with Crippen molar-refractivity contribution in [1.29, 1.82) is 0 Å². The van der Waals surface area contributed by atoms with Crippen LogP contribution in [0.3, 0.4) is 0 Å². The summed E-state index contributed by atoms with van der Waals surface area (Å²) in [5.74, 6) is 2.70. The highest BCUT2D eigenvalue weighted by molar-refractivity contribution is 7.99. The number of rotatable bonds is 1. The number of benzene rings is 1. The summed E-state index contributed by atoms with van der Waals surface area (Å²) in [4.78, 5) is 1.52. The van der Waals surface area contributed by atoms with Crippen molar-refractivity contribution in [3.05, 3.63) is 29.3 Å². The van der Waals surface area contributed by atoms with Crippen molar-refractivity contribution in [3.8, 4) is 0 Å². The van der Waals surface area contributed by atoms with Gasteiger partial charge in [-0.15, -0.1) is 11.8 Å². The minimum atomic E-state index is 0.651. The van der Waals surface area contributed by atoms with Crippen LogP contribution >= 0.6 is 11.8 Å². The van der Waals surface area contributed by atoms with Crippen LogP contribution in [-0.4, -0.2) is 5.75 Å². The molecule has 1 aromatic carbocycles. The van der Waals surface area contributed by atoms with Crippen molar-refractivity contribution in [2.75, 3.05) is 5.75 Å². The predicted octanol–water partition coefficient (Wildman–Crippen LogP) is 5.44. The van der Waals surface area contributed by atoms with E-state index in [1.807, 2.05) is 25.6 Å². The fourth-order valence-electron chi connectivity index (χ4n) is 1.94. The number of hydrogen-bond donors (Lipinski definition) is 0. The molecule has 1 aliphatic rings. The smallest absolute Gasteiger partial charge is 0.0110 e. The van der Waals surface area contributed by atoms with E-state index in [1.165, 1.54) is 22.6 Å². The number of fused-ring (bicyclic) bond motifs is 1. The van der Waals surface area contributed by atoms with Crippen molar-refractivity contribution in [1.82, 2.24) is 0 Å². The van der Waals surface area contributed by atoms with Gasteiger partial charge in [0.1, 0.15) is 0 Å². The standard InChI is InChI=1S/C13H18S.C2H6/c1-9(2)11-4-5-12-10(3)6-7-14-13(12)8-11;1-2/h4-5,8-10H,6-7H2,1-3H3;1-2H3. The Morgan fingerprint density at radius 3 is 2.56 bits per heavy atom. The third kappa shape index (κ3) is 3.04. The second-order valence-electron chi connectivity index (χ2n) is 4.49. The SMILES string of the molecule is CC.CC(C)c1ccc2c(c1)SCCC2C. The Bertz CT molecular complexity index is 328. The van der Waals surface area contributed by atoms with Crippen LogP contribution in [0.4, 0.5) is 0 Å². The Kier molecular flexibility index (Phi) is 5.40. The zero-order valence-electron chi connectivity index (χ0n) is 11.2. The highest BCUT2D eigenvalue weighted by Crippen LogP contribution is 2.38. The first kappa shape index (κ1) is 13.6. The zero-order valence-corrected chi connectivity index (χ0v) is 12.0. The largest absolute Gasteiger partial charge is 0.126 e. The van der Waals surface area contributed by atoms with Gasteiger partial charge in [-0.3, -0.25) is 0 Å². The van der Waals surface area contributed by atoms with Gasteiger partial charge in [-0.2, -0.15) is 0 Å².